The largest absolute Gasteiger partial charge is 0.350 e. The summed E-state index contributed by atoms with van der Waals surface area (Å²) in [5.41, 5.74) is 1.12. The van der Waals surface area contributed by atoms with Gasteiger partial charge in [-0.1, -0.05) is 0 Å². The Morgan fingerprint density at radius 3 is 2.76 bits per heavy atom. The van der Waals surface area contributed by atoms with Crippen LogP contribution >= 0.6 is 0 Å². The zero-order valence-electron chi connectivity index (χ0n) is 9.56. The lowest BCUT2D eigenvalue weighted by atomic mass is 10.3. The van der Waals surface area contributed by atoms with E-state index in [4.69, 9.17) is 9.47 Å². The number of rotatable bonds is 3. The molecule has 0 spiro atoms. The van der Waals surface area contributed by atoms with E-state index in [2.05, 4.69) is 15.6 Å². The number of methoxy groups -OCH3 is 2. The lowest BCUT2D eigenvalue weighted by molar-refractivity contribution is -0.112. The number of aromatic nitrogens is 1. The molecular formula is C11H13N3O3. The second-order valence-electron chi connectivity index (χ2n) is 3.42. The quantitative estimate of drug-likeness (QED) is 0.763. The van der Waals surface area contributed by atoms with Gasteiger partial charge in [-0.3, -0.25) is 4.79 Å². The number of carbonyl (C=O) groups excluding carboxylic acids is 1. The van der Waals surface area contributed by atoms with Gasteiger partial charge < -0.3 is 20.1 Å². The molecule has 90 valence electrons. The molecule has 0 aromatic carbocycles. The van der Waals surface area contributed by atoms with Gasteiger partial charge in [-0.25, -0.2) is 4.98 Å². The van der Waals surface area contributed by atoms with Crippen molar-refractivity contribution in [1.82, 2.24) is 4.98 Å². The third-order valence-corrected chi connectivity index (χ3v) is 2.30. The molecule has 17 heavy (non-hydrogen) atoms. The maximum Gasteiger partial charge on any atom is 0.250 e. The summed E-state index contributed by atoms with van der Waals surface area (Å²) in [6.07, 6.45) is 2.39. The summed E-state index contributed by atoms with van der Waals surface area (Å²) in [7, 11) is 3.00. The van der Waals surface area contributed by atoms with Gasteiger partial charge in [0.25, 0.3) is 0 Å². The highest BCUT2D eigenvalue weighted by Crippen LogP contribution is 2.23. The van der Waals surface area contributed by atoms with Crippen LogP contribution in [-0.2, 0) is 14.3 Å². The summed E-state index contributed by atoms with van der Waals surface area (Å²) < 4.78 is 10.2. The minimum absolute atomic E-state index is 0.252. The van der Waals surface area contributed by atoms with E-state index in [-0.39, 0.29) is 5.91 Å². The topological polar surface area (TPSA) is 72.5 Å². The predicted octanol–water partition coefficient (Wildman–Crippen LogP) is 0.948. The van der Waals surface area contributed by atoms with Crippen molar-refractivity contribution in [2.24, 2.45) is 0 Å². The van der Waals surface area contributed by atoms with Crippen LogP contribution in [0.15, 0.2) is 30.1 Å². The molecule has 0 radical (unpaired) electrons. The SMILES string of the molecule is COC(OC)C1=CC(=O)Nc2cccnc2N1. The van der Waals surface area contributed by atoms with E-state index in [0.717, 1.165) is 0 Å². The normalized spacial score (nSPS) is 14.5. The Morgan fingerprint density at radius 1 is 1.29 bits per heavy atom. The Balaban J connectivity index is 2.34. The highest BCUT2D eigenvalue weighted by molar-refractivity contribution is 6.03. The first-order valence-electron chi connectivity index (χ1n) is 5.05. The van der Waals surface area contributed by atoms with Crippen molar-refractivity contribution in [2.45, 2.75) is 6.29 Å². The number of amides is 1. The van der Waals surface area contributed by atoms with Gasteiger partial charge in [-0.05, 0) is 12.1 Å². The molecule has 0 fully saturated rings. The predicted molar refractivity (Wildman–Crippen MR) is 62.4 cm³/mol. The summed E-state index contributed by atoms with van der Waals surface area (Å²) in [6, 6.07) is 3.51. The molecule has 1 aliphatic heterocycles. The number of anilines is 2. The molecule has 0 saturated heterocycles. The molecular weight excluding hydrogens is 222 g/mol. The Labute approximate surface area is 98.6 Å². The zero-order valence-corrected chi connectivity index (χ0v) is 9.56. The number of carbonyl (C=O) groups is 1. The van der Waals surface area contributed by atoms with Gasteiger partial charge in [0, 0.05) is 26.5 Å². The van der Waals surface area contributed by atoms with Crippen LogP contribution in [-0.4, -0.2) is 31.4 Å². The van der Waals surface area contributed by atoms with Crippen molar-refractivity contribution in [1.29, 1.82) is 0 Å². The molecule has 1 aromatic rings. The average molecular weight is 235 g/mol. The highest BCUT2D eigenvalue weighted by Gasteiger charge is 2.20. The van der Waals surface area contributed by atoms with E-state index in [1.807, 2.05) is 0 Å². The van der Waals surface area contributed by atoms with Gasteiger partial charge in [0.05, 0.1) is 11.4 Å². The fourth-order valence-electron chi connectivity index (χ4n) is 1.57. The van der Waals surface area contributed by atoms with Crippen LogP contribution in [0.5, 0.6) is 0 Å². The number of ether oxygens (including phenoxy) is 2. The number of hydrogen-bond acceptors (Lipinski definition) is 5. The number of pyridine rings is 1. The minimum Gasteiger partial charge on any atom is -0.350 e. The first kappa shape index (κ1) is 11.6. The Bertz CT molecular complexity index is 455. The van der Waals surface area contributed by atoms with E-state index in [1.54, 1.807) is 18.3 Å². The molecule has 1 amide bonds. The van der Waals surface area contributed by atoms with Crippen LogP contribution in [0, 0.1) is 0 Å². The second kappa shape index (κ2) is 4.94. The Kier molecular flexibility index (Phi) is 3.36. The lowest BCUT2D eigenvalue weighted by Crippen LogP contribution is -2.22. The van der Waals surface area contributed by atoms with Crippen molar-refractivity contribution in [3.05, 3.63) is 30.1 Å². The van der Waals surface area contributed by atoms with Crippen LogP contribution < -0.4 is 10.6 Å². The van der Waals surface area contributed by atoms with Gasteiger partial charge in [-0.15, -0.1) is 0 Å². The zero-order chi connectivity index (χ0) is 12.3. The summed E-state index contributed by atoms with van der Waals surface area (Å²) in [6.45, 7) is 0. The molecule has 0 bridgehead atoms. The third-order valence-electron chi connectivity index (χ3n) is 2.30. The van der Waals surface area contributed by atoms with Gasteiger partial charge in [-0.2, -0.15) is 0 Å². The second-order valence-corrected chi connectivity index (χ2v) is 3.42. The third kappa shape index (κ3) is 2.43. The van der Waals surface area contributed by atoms with Gasteiger partial charge in [0.1, 0.15) is 0 Å². The van der Waals surface area contributed by atoms with Crippen LogP contribution in [0.3, 0.4) is 0 Å². The van der Waals surface area contributed by atoms with Crippen molar-refractivity contribution in [3.63, 3.8) is 0 Å². The first-order chi connectivity index (χ1) is 8.24. The molecule has 6 nitrogen and oxygen atoms in total. The van der Waals surface area contributed by atoms with Crippen LogP contribution in [0.2, 0.25) is 0 Å². The molecule has 6 heteroatoms. The molecule has 0 saturated carbocycles. The van der Waals surface area contributed by atoms with E-state index >= 15 is 0 Å². The number of hydrogen-bond donors (Lipinski definition) is 2. The van der Waals surface area contributed by atoms with E-state index in [0.29, 0.717) is 17.2 Å². The van der Waals surface area contributed by atoms with Crippen LogP contribution in [0.25, 0.3) is 0 Å². The molecule has 2 rings (SSSR count). The molecule has 1 aliphatic rings. The van der Waals surface area contributed by atoms with E-state index in [1.165, 1.54) is 20.3 Å². The van der Waals surface area contributed by atoms with Gasteiger partial charge >= 0.3 is 0 Å². The standard InChI is InChI=1S/C11H13N3O3/c1-16-11(17-2)8-6-9(15)13-7-4-3-5-12-10(7)14-8/h3-6,11H,1-2H3,(H,12,14)(H,13,15). The summed E-state index contributed by atoms with van der Waals surface area (Å²) in [5, 5.41) is 5.71. The van der Waals surface area contributed by atoms with Crippen molar-refractivity contribution >= 4 is 17.4 Å². The molecule has 0 aliphatic carbocycles. The smallest absolute Gasteiger partial charge is 0.250 e. The molecule has 0 atom stereocenters. The van der Waals surface area contributed by atoms with E-state index in [9.17, 15) is 4.79 Å². The first-order valence-corrected chi connectivity index (χ1v) is 5.05. The summed E-state index contributed by atoms with van der Waals surface area (Å²) in [4.78, 5) is 15.8. The average Bonchev–Trinajstić information content (AvgIpc) is 2.48. The Hall–Kier alpha value is -1.92. The maximum atomic E-state index is 11.6. The highest BCUT2D eigenvalue weighted by atomic mass is 16.7. The summed E-state index contributed by atoms with van der Waals surface area (Å²) in [5.74, 6) is 0.307. The van der Waals surface area contributed by atoms with Gasteiger partial charge in [0.15, 0.2) is 12.1 Å². The van der Waals surface area contributed by atoms with Crippen molar-refractivity contribution in [2.75, 3.05) is 24.9 Å². The van der Waals surface area contributed by atoms with Crippen molar-refractivity contribution in [3.8, 4) is 0 Å². The van der Waals surface area contributed by atoms with Gasteiger partial charge in [0.2, 0.25) is 5.91 Å². The fourth-order valence-corrected chi connectivity index (χ4v) is 1.57. The minimum atomic E-state index is -0.631. The fraction of sp³-hybridized carbons (Fsp3) is 0.273. The monoisotopic (exact) mass is 235 g/mol. The van der Waals surface area contributed by atoms with Crippen LogP contribution in [0.1, 0.15) is 0 Å². The van der Waals surface area contributed by atoms with Crippen molar-refractivity contribution < 1.29 is 14.3 Å². The molecule has 2 heterocycles. The molecule has 1 aromatic heterocycles. The Morgan fingerprint density at radius 2 is 2.06 bits per heavy atom. The van der Waals surface area contributed by atoms with E-state index < -0.39 is 6.29 Å². The number of fused-ring (bicyclic) bond motifs is 1. The molecule has 0 unspecified atom stereocenters. The lowest BCUT2D eigenvalue weighted by Gasteiger charge is -2.17. The number of nitrogens with zero attached hydrogens (tertiary/aromatic N) is 1. The number of nitrogens with one attached hydrogen (secondary N) is 2. The maximum absolute atomic E-state index is 11.6. The van der Waals surface area contributed by atoms with Crippen LogP contribution in [0.4, 0.5) is 11.5 Å². The summed E-state index contributed by atoms with van der Waals surface area (Å²) >= 11 is 0. The molecule has 2 N–H and O–H groups in total.